The summed E-state index contributed by atoms with van der Waals surface area (Å²) in [4.78, 5) is 39.2. The molecule has 1 aromatic carbocycles. The molecule has 8 nitrogen and oxygen atoms in total. The Morgan fingerprint density at radius 2 is 2.08 bits per heavy atom. The lowest BCUT2D eigenvalue weighted by molar-refractivity contribution is -0.131. The fourth-order valence-electron chi connectivity index (χ4n) is 3.06. The van der Waals surface area contributed by atoms with Crippen LogP contribution in [-0.2, 0) is 9.59 Å². The highest BCUT2D eigenvalue weighted by molar-refractivity contribution is 6.08. The van der Waals surface area contributed by atoms with Gasteiger partial charge in [0, 0.05) is 12.6 Å². The summed E-state index contributed by atoms with van der Waals surface area (Å²) in [6, 6.07) is 4.17. The molecule has 2 fully saturated rings. The number of imide groups is 1. The SMILES string of the molecule is COc1ccc(NC(=O)CN2C(=O)[C@@H]3CCCN3C2=O)c(OC)c1. The molecule has 0 saturated carbocycles. The van der Waals surface area contributed by atoms with Crippen molar-refractivity contribution in [2.75, 3.05) is 32.6 Å². The largest absolute Gasteiger partial charge is 0.497 e. The molecule has 1 N–H and O–H groups in total. The van der Waals surface area contributed by atoms with Gasteiger partial charge in [0.1, 0.15) is 24.1 Å². The Kier molecular flexibility index (Phi) is 4.28. The summed E-state index contributed by atoms with van der Waals surface area (Å²) in [5, 5.41) is 2.66. The Morgan fingerprint density at radius 3 is 2.75 bits per heavy atom. The number of urea groups is 1. The summed E-state index contributed by atoms with van der Waals surface area (Å²) in [5.41, 5.74) is 0.447. The first-order valence-corrected chi connectivity index (χ1v) is 7.69. The van der Waals surface area contributed by atoms with Crippen LogP contribution in [0, 0.1) is 0 Å². The quantitative estimate of drug-likeness (QED) is 0.814. The van der Waals surface area contributed by atoms with Gasteiger partial charge in [0.2, 0.25) is 5.91 Å². The van der Waals surface area contributed by atoms with Crippen LogP contribution in [0.1, 0.15) is 12.8 Å². The van der Waals surface area contributed by atoms with Crippen molar-refractivity contribution in [1.82, 2.24) is 9.80 Å². The second-order valence-corrected chi connectivity index (χ2v) is 5.67. The standard InChI is InChI=1S/C16H19N3O5/c1-23-10-5-6-11(13(8-10)24-2)17-14(20)9-19-15(21)12-4-3-7-18(12)16(19)22/h5-6,8,12H,3-4,7,9H2,1-2H3,(H,17,20)/t12-/m0/s1. The Bertz CT molecular complexity index is 668. The third-order valence-corrected chi connectivity index (χ3v) is 4.26. The fourth-order valence-corrected chi connectivity index (χ4v) is 3.06. The van der Waals surface area contributed by atoms with Crippen LogP contribution < -0.4 is 14.8 Å². The topological polar surface area (TPSA) is 88.2 Å². The van der Waals surface area contributed by atoms with Crippen LogP contribution in [-0.4, -0.2) is 61.0 Å². The maximum absolute atomic E-state index is 12.2. The number of amides is 4. The van der Waals surface area contributed by atoms with Gasteiger partial charge >= 0.3 is 6.03 Å². The van der Waals surface area contributed by atoms with E-state index in [1.807, 2.05) is 0 Å². The second kappa shape index (κ2) is 6.38. The molecule has 0 radical (unpaired) electrons. The molecule has 0 bridgehead atoms. The van der Waals surface area contributed by atoms with Crippen molar-refractivity contribution in [2.24, 2.45) is 0 Å². The van der Waals surface area contributed by atoms with Gasteiger partial charge in [-0.15, -0.1) is 0 Å². The number of hydrogen-bond acceptors (Lipinski definition) is 5. The van der Waals surface area contributed by atoms with Crippen LogP contribution in [0.5, 0.6) is 11.5 Å². The number of nitrogens with one attached hydrogen (secondary N) is 1. The van der Waals surface area contributed by atoms with E-state index in [1.54, 1.807) is 18.2 Å². The molecule has 0 aromatic heterocycles. The van der Waals surface area contributed by atoms with Gasteiger partial charge < -0.3 is 19.7 Å². The van der Waals surface area contributed by atoms with Gasteiger partial charge in [-0.1, -0.05) is 0 Å². The summed E-state index contributed by atoms with van der Waals surface area (Å²) >= 11 is 0. The van der Waals surface area contributed by atoms with Gasteiger partial charge in [0.05, 0.1) is 19.9 Å². The minimum atomic E-state index is -0.457. The molecule has 0 spiro atoms. The van der Waals surface area contributed by atoms with Crippen molar-refractivity contribution < 1.29 is 23.9 Å². The first-order chi connectivity index (χ1) is 11.5. The van der Waals surface area contributed by atoms with E-state index in [0.29, 0.717) is 30.2 Å². The summed E-state index contributed by atoms with van der Waals surface area (Å²) in [7, 11) is 3.01. The van der Waals surface area contributed by atoms with Crippen molar-refractivity contribution in [3.05, 3.63) is 18.2 Å². The number of carbonyl (C=O) groups is 3. The molecule has 2 saturated heterocycles. The number of benzene rings is 1. The number of anilines is 1. The van der Waals surface area contributed by atoms with Gasteiger partial charge in [-0.05, 0) is 25.0 Å². The number of fused-ring (bicyclic) bond motifs is 1. The lowest BCUT2D eigenvalue weighted by Gasteiger charge is -2.16. The average molecular weight is 333 g/mol. The average Bonchev–Trinajstić information content (AvgIpc) is 3.15. The molecule has 3 rings (SSSR count). The minimum Gasteiger partial charge on any atom is -0.497 e. The van der Waals surface area contributed by atoms with E-state index in [-0.39, 0.29) is 18.5 Å². The predicted molar refractivity (Wildman–Crippen MR) is 85.0 cm³/mol. The molecule has 4 amide bonds. The highest BCUT2D eigenvalue weighted by atomic mass is 16.5. The molecule has 8 heteroatoms. The van der Waals surface area contributed by atoms with Crippen molar-refractivity contribution in [2.45, 2.75) is 18.9 Å². The van der Waals surface area contributed by atoms with Gasteiger partial charge in [0.25, 0.3) is 5.91 Å². The molecule has 2 heterocycles. The van der Waals surface area contributed by atoms with Gasteiger partial charge in [-0.2, -0.15) is 0 Å². The van der Waals surface area contributed by atoms with Gasteiger partial charge in [-0.25, -0.2) is 4.79 Å². The molecule has 1 aromatic rings. The van der Waals surface area contributed by atoms with Crippen LogP contribution >= 0.6 is 0 Å². The summed E-state index contributed by atoms with van der Waals surface area (Å²) in [6.45, 7) is 0.263. The zero-order valence-corrected chi connectivity index (χ0v) is 13.6. The first-order valence-electron chi connectivity index (χ1n) is 7.69. The zero-order chi connectivity index (χ0) is 17.3. The van der Waals surface area contributed by atoms with E-state index < -0.39 is 11.9 Å². The lowest BCUT2D eigenvalue weighted by atomic mass is 10.2. The van der Waals surface area contributed by atoms with Crippen molar-refractivity contribution >= 4 is 23.5 Å². The number of ether oxygens (including phenoxy) is 2. The molecule has 24 heavy (non-hydrogen) atoms. The van der Waals surface area contributed by atoms with Gasteiger partial charge in [-0.3, -0.25) is 14.5 Å². The monoisotopic (exact) mass is 333 g/mol. The third kappa shape index (κ3) is 2.75. The minimum absolute atomic E-state index is 0.297. The maximum Gasteiger partial charge on any atom is 0.327 e. The van der Waals surface area contributed by atoms with Crippen molar-refractivity contribution in [3.8, 4) is 11.5 Å². The van der Waals surface area contributed by atoms with E-state index in [2.05, 4.69) is 5.32 Å². The maximum atomic E-state index is 12.2. The van der Waals surface area contributed by atoms with E-state index in [0.717, 1.165) is 11.3 Å². The van der Waals surface area contributed by atoms with E-state index in [1.165, 1.54) is 19.1 Å². The molecule has 1 atom stereocenters. The molecule has 0 unspecified atom stereocenters. The van der Waals surface area contributed by atoms with E-state index >= 15 is 0 Å². The second-order valence-electron chi connectivity index (χ2n) is 5.67. The molecular weight excluding hydrogens is 314 g/mol. The van der Waals surface area contributed by atoms with Crippen LogP contribution in [0.3, 0.4) is 0 Å². The Morgan fingerprint density at radius 1 is 1.29 bits per heavy atom. The Hall–Kier alpha value is -2.77. The molecule has 128 valence electrons. The van der Waals surface area contributed by atoms with Crippen molar-refractivity contribution in [1.29, 1.82) is 0 Å². The molecular formula is C16H19N3O5. The smallest absolute Gasteiger partial charge is 0.327 e. The highest BCUT2D eigenvalue weighted by Crippen LogP contribution is 2.30. The Labute approximate surface area is 139 Å². The van der Waals surface area contributed by atoms with Crippen molar-refractivity contribution in [3.63, 3.8) is 0 Å². The third-order valence-electron chi connectivity index (χ3n) is 4.26. The number of hydrogen-bond donors (Lipinski definition) is 1. The summed E-state index contributed by atoms with van der Waals surface area (Å²) in [5.74, 6) is 0.272. The number of methoxy groups -OCH3 is 2. The molecule has 0 aliphatic carbocycles. The summed E-state index contributed by atoms with van der Waals surface area (Å²) in [6.07, 6.45) is 1.49. The van der Waals surface area contributed by atoms with Crippen LogP contribution in [0.4, 0.5) is 10.5 Å². The fraction of sp³-hybridized carbons (Fsp3) is 0.438. The molecule has 2 aliphatic heterocycles. The lowest BCUT2D eigenvalue weighted by Crippen LogP contribution is -2.39. The predicted octanol–water partition coefficient (Wildman–Crippen LogP) is 1.07. The molecule has 2 aliphatic rings. The highest BCUT2D eigenvalue weighted by Gasteiger charge is 2.47. The zero-order valence-electron chi connectivity index (χ0n) is 13.6. The van der Waals surface area contributed by atoms with Gasteiger partial charge in [0.15, 0.2) is 0 Å². The van der Waals surface area contributed by atoms with E-state index in [9.17, 15) is 14.4 Å². The Balaban J connectivity index is 1.68. The summed E-state index contributed by atoms with van der Waals surface area (Å²) < 4.78 is 10.3. The van der Waals surface area contributed by atoms with E-state index in [4.69, 9.17) is 9.47 Å². The number of carbonyl (C=O) groups excluding carboxylic acids is 3. The van der Waals surface area contributed by atoms with Crippen LogP contribution in [0.25, 0.3) is 0 Å². The number of rotatable bonds is 5. The van der Waals surface area contributed by atoms with Crippen LogP contribution in [0.15, 0.2) is 18.2 Å². The normalized spacial score (nSPS) is 19.5. The number of nitrogens with zero attached hydrogens (tertiary/aromatic N) is 2. The van der Waals surface area contributed by atoms with Crippen LogP contribution in [0.2, 0.25) is 0 Å². The first kappa shape index (κ1) is 16.1.